The van der Waals surface area contributed by atoms with Crippen molar-refractivity contribution in [1.82, 2.24) is 0 Å². The van der Waals surface area contributed by atoms with E-state index in [9.17, 15) is 14.7 Å². The molecule has 6 heteroatoms. The number of aromatic hydroxyl groups is 1. The number of carboxylic acids is 1. The Balaban J connectivity index is 2.32. The number of phenolic OH excluding ortho intramolecular Hbond substituents is 1. The number of carbonyl (C=O) groups excluding carboxylic acids is 1. The zero-order valence-corrected chi connectivity index (χ0v) is 15.0. The molecule has 0 spiro atoms. The van der Waals surface area contributed by atoms with Crippen molar-refractivity contribution in [2.75, 3.05) is 5.32 Å². The van der Waals surface area contributed by atoms with E-state index in [2.05, 4.69) is 26.1 Å². The van der Waals surface area contributed by atoms with Gasteiger partial charge >= 0.3 is 5.97 Å². The van der Waals surface area contributed by atoms with Crippen LogP contribution >= 0.6 is 11.6 Å². The van der Waals surface area contributed by atoms with Gasteiger partial charge in [-0.3, -0.25) is 4.79 Å². The van der Waals surface area contributed by atoms with Crippen LogP contribution in [0.4, 0.5) is 5.69 Å². The predicted octanol–water partition coefficient (Wildman–Crippen LogP) is 4.68. The summed E-state index contributed by atoms with van der Waals surface area (Å²) in [4.78, 5) is 23.5. The molecule has 0 aromatic heterocycles. The van der Waals surface area contributed by atoms with Gasteiger partial charge in [0.15, 0.2) is 0 Å². The Morgan fingerprint density at radius 2 is 1.84 bits per heavy atom. The van der Waals surface area contributed by atoms with E-state index in [1.165, 1.54) is 24.3 Å². The normalized spacial score (nSPS) is 11.2. The number of carbonyl (C=O) groups is 2. The molecule has 0 radical (unpaired) electrons. The monoisotopic (exact) mass is 361 g/mol. The number of amides is 1. The summed E-state index contributed by atoms with van der Waals surface area (Å²) in [6, 6.07) is 8.98. The lowest BCUT2D eigenvalue weighted by molar-refractivity contribution is 0.0696. The van der Waals surface area contributed by atoms with Crippen LogP contribution in [0.1, 0.15) is 53.5 Å². The van der Waals surface area contributed by atoms with Gasteiger partial charge in [0.1, 0.15) is 5.75 Å². The molecule has 0 heterocycles. The van der Waals surface area contributed by atoms with Crippen molar-refractivity contribution >= 4 is 29.2 Å². The van der Waals surface area contributed by atoms with Crippen molar-refractivity contribution in [2.45, 2.75) is 32.6 Å². The minimum absolute atomic E-state index is 0.0255. The number of carboxylic acid groups (broad SMARTS) is 1. The highest BCUT2D eigenvalue weighted by Crippen LogP contribution is 2.31. The van der Waals surface area contributed by atoms with Gasteiger partial charge < -0.3 is 15.5 Å². The van der Waals surface area contributed by atoms with Crippen LogP contribution in [-0.2, 0) is 5.41 Å². The minimum Gasteiger partial charge on any atom is -0.507 e. The smallest absolute Gasteiger partial charge is 0.335 e. The lowest BCUT2D eigenvalue weighted by Crippen LogP contribution is -2.18. The average Bonchev–Trinajstić information content (AvgIpc) is 2.56. The molecular weight excluding hydrogens is 342 g/mol. The van der Waals surface area contributed by atoms with Crippen LogP contribution in [0.2, 0.25) is 5.02 Å². The molecule has 0 bridgehead atoms. The fourth-order valence-corrected chi connectivity index (χ4v) is 2.51. The third kappa shape index (κ3) is 4.12. The minimum atomic E-state index is -1.10. The first-order valence-corrected chi connectivity index (χ1v) is 8.21. The maximum atomic E-state index is 12.5. The first kappa shape index (κ1) is 18.8. The van der Waals surface area contributed by atoms with Crippen molar-refractivity contribution in [1.29, 1.82) is 0 Å². The molecule has 5 nitrogen and oxygen atoms in total. The molecule has 0 aliphatic carbocycles. The number of rotatable bonds is 5. The lowest BCUT2D eigenvalue weighted by Gasteiger charge is -2.24. The second-order valence-corrected chi connectivity index (χ2v) is 6.83. The average molecular weight is 362 g/mol. The molecule has 1 amide bonds. The zero-order valence-electron chi connectivity index (χ0n) is 14.3. The molecule has 0 atom stereocenters. The maximum absolute atomic E-state index is 12.5. The van der Waals surface area contributed by atoms with Crippen LogP contribution in [-0.4, -0.2) is 22.1 Å². The van der Waals surface area contributed by atoms with E-state index in [-0.39, 0.29) is 33.0 Å². The Bertz CT molecular complexity index is 830. The van der Waals surface area contributed by atoms with Crippen molar-refractivity contribution in [2.24, 2.45) is 0 Å². The number of hydrogen-bond acceptors (Lipinski definition) is 3. The third-order valence-corrected chi connectivity index (χ3v) is 4.68. The number of phenols is 1. The number of anilines is 1. The summed E-state index contributed by atoms with van der Waals surface area (Å²) in [6.07, 6.45) is 0.876. The summed E-state index contributed by atoms with van der Waals surface area (Å²) in [5.41, 5.74) is 1.24. The fourth-order valence-electron chi connectivity index (χ4n) is 2.28. The molecule has 2 aromatic rings. The number of benzene rings is 2. The quantitative estimate of drug-likeness (QED) is 0.721. The Morgan fingerprint density at radius 1 is 1.16 bits per heavy atom. The van der Waals surface area contributed by atoms with Crippen LogP contribution in [0.5, 0.6) is 5.75 Å². The van der Waals surface area contributed by atoms with Gasteiger partial charge in [-0.05, 0) is 47.7 Å². The van der Waals surface area contributed by atoms with E-state index >= 15 is 0 Å². The largest absolute Gasteiger partial charge is 0.507 e. The molecule has 25 heavy (non-hydrogen) atoms. The third-order valence-electron chi connectivity index (χ3n) is 4.37. The number of halogens is 1. The summed E-state index contributed by atoms with van der Waals surface area (Å²) < 4.78 is 0. The molecule has 0 fully saturated rings. The van der Waals surface area contributed by atoms with E-state index in [1.807, 2.05) is 0 Å². The predicted molar refractivity (Wildman–Crippen MR) is 97.8 cm³/mol. The molecule has 2 rings (SSSR count). The molecule has 2 aromatic carbocycles. The standard InChI is InChI=1S/C19H20ClNO4/c1-4-19(2,3)12-6-8-16(22)13(10-12)17(23)21-15-7-5-11(18(24)25)9-14(15)20/h5-10,22H,4H2,1-3H3,(H,21,23)(H,24,25). The summed E-state index contributed by atoms with van der Waals surface area (Å²) in [7, 11) is 0. The van der Waals surface area contributed by atoms with Crippen molar-refractivity contribution in [3.05, 3.63) is 58.1 Å². The fraction of sp³-hybridized carbons (Fsp3) is 0.263. The van der Waals surface area contributed by atoms with Gasteiger partial charge in [-0.15, -0.1) is 0 Å². The van der Waals surface area contributed by atoms with Crippen LogP contribution in [0, 0.1) is 0 Å². The Labute approximate surface area is 151 Å². The van der Waals surface area contributed by atoms with Crippen molar-refractivity contribution in [3.63, 3.8) is 0 Å². The molecular formula is C19H20ClNO4. The van der Waals surface area contributed by atoms with Crippen LogP contribution in [0.3, 0.4) is 0 Å². The van der Waals surface area contributed by atoms with E-state index in [0.29, 0.717) is 0 Å². The van der Waals surface area contributed by atoms with Gasteiger partial charge in [0.25, 0.3) is 5.91 Å². The highest BCUT2D eigenvalue weighted by molar-refractivity contribution is 6.34. The SMILES string of the molecule is CCC(C)(C)c1ccc(O)c(C(=O)Nc2ccc(C(=O)O)cc2Cl)c1. The van der Waals surface area contributed by atoms with Crippen molar-refractivity contribution in [3.8, 4) is 5.75 Å². The van der Waals surface area contributed by atoms with Gasteiger partial charge in [-0.1, -0.05) is 38.4 Å². The number of nitrogens with one attached hydrogen (secondary N) is 1. The maximum Gasteiger partial charge on any atom is 0.335 e. The Hall–Kier alpha value is -2.53. The molecule has 0 aliphatic rings. The molecule has 0 unspecified atom stereocenters. The van der Waals surface area contributed by atoms with E-state index in [4.69, 9.17) is 16.7 Å². The lowest BCUT2D eigenvalue weighted by atomic mass is 9.81. The first-order valence-electron chi connectivity index (χ1n) is 7.83. The highest BCUT2D eigenvalue weighted by atomic mass is 35.5. The Kier molecular flexibility index (Phi) is 5.38. The molecule has 0 aliphatic heterocycles. The molecule has 132 valence electrons. The topological polar surface area (TPSA) is 86.6 Å². The zero-order chi connectivity index (χ0) is 18.8. The summed E-state index contributed by atoms with van der Waals surface area (Å²) in [5.74, 6) is -1.76. The molecule has 3 N–H and O–H groups in total. The molecule has 0 saturated carbocycles. The van der Waals surface area contributed by atoms with E-state index < -0.39 is 11.9 Å². The van der Waals surface area contributed by atoms with E-state index in [0.717, 1.165) is 12.0 Å². The first-order chi connectivity index (χ1) is 11.7. The second kappa shape index (κ2) is 7.15. The van der Waals surface area contributed by atoms with Crippen LogP contribution < -0.4 is 5.32 Å². The second-order valence-electron chi connectivity index (χ2n) is 6.42. The number of aromatic carboxylic acids is 1. The van der Waals surface area contributed by atoms with E-state index in [1.54, 1.807) is 12.1 Å². The highest BCUT2D eigenvalue weighted by Gasteiger charge is 2.22. The van der Waals surface area contributed by atoms with Crippen LogP contribution in [0.25, 0.3) is 0 Å². The number of hydrogen-bond donors (Lipinski definition) is 3. The van der Waals surface area contributed by atoms with Gasteiger partial charge in [-0.25, -0.2) is 4.79 Å². The summed E-state index contributed by atoms with van der Waals surface area (Å²) >= 11 is 6.03. The van der Waals surface area contributed by atoms with Crippen molar-refractivity contribution < 1.29 is 19.8 Å². The van der Waals surface area contributed by atoms with Gasteiger partial charge in [-0.2, -0.15) is 0 Å². The summed E-state index contributed by atoms with van der Waals surface area (Å²) in [6.45, 7) is 6.17. The van der Waals surface area contributed by atoms with Gasteiger partial charge in [0.2, 0.25) is 0 Å². The van der Waals surface area contributed by atoms with Crippen LogP contribution in [0.15, 0.2) is 36.4 Å². The summed E-state index contributed by atoms with van der Waals surface area (Å²) in [5, 5.41) is 21.7. The van der Waals surface area contributed by atoms with Gasteiger partial charge in [0.05, 0.1) is 21.8 Å². The Morgan fingerprint density at radius 3 is 2.40 bits per heavy atom. The van der Waals surface area contributed by atoms with Gasteiger partial charge in [0, 0.05) is 0 Å². The molecule has 0 saturated heterocycles.